The molecule has 0 bridgehead atoms. The summed E-state index contributed by atoms with van der Waals surface area (Å²) in [6, 6.07) is 0. The number of imidazole rings is 1. The maximum Gasteiger partial charge on any atom is 0.273 e. The second kappa shape index (κ2) is 6.64. The Bertz CT molecular complexity index is 720. The van der Waals surface area contributed by atoms with Crippen LogP contribution in [0.15, 0.2) is 17.8 Å². The van der Waals surface area contributed by atoms with Gasteiger partial charge in [0.2, 0.25) is 0 Å². The van der Waals surface area contributed by atoms with Crippen molar-refractivity contribution in [3.8, 4) is 0 Å². The summed E-state index contributed by atoms with van der Waals surface area (Å²) in [6.45, 7) is 4.30. The topological polar surface area (TPSA) is 54.3 Å². The van der Waals surface area contributed by atoms with E-state index in [1.165, 1.54) is 12.8 Å². The Morgan fingerprint density at radius 3 is 2.92 bits per heavy atom. The molecule has 1 aliphatic carbocycles. The lowest BCUT2D eigenvalue weighted by molar-refractivity contribution is 0.0755. The average molecular weight is 345 g/mol. The first-order chi connectivity index (χ1) is 11.7. The van der Waals surface area contributed by atoms with Crippen LogP contribution in [-0.2, 0) is 13.6 Å². The van der Waals surface area contributed by atoms with Gasteiger partial charge in [0.25, 0.3) is 5.91 Å². The van der Waals surface area contributed by atoms with Gasteiger partial charge in [0.1, 0.15) is 11.5 Å². The molecule has 2 aromatic heterocycles. The normalized spacial score (nSPS) is 19.5. The SMILES string of the molecule is Cn1ccnc1CN1CCCN(C(=O)c2csc(C3CC3)n2)CC1. The fourth-order valence-corrected chi connectivity index (χ4v) is 4.11. The highest BCUT2D eigenvalue weighted by atomic mass is 32.1. The predicted octanol–water partition coefficient (Wildman–Crippen LogP) is 2.10. The minimum atomic E-state index is 0.0944. The molecule has 0 unspecified atom stereocenters. The van der Waals surface area contributed by atoms with E-state index >= 15 is 0 Å². The van der Waals surface area contributed by atoms with E-state index in [-0.39, 0.29) is 5.91 Å². The number of nitrogens with zero attached hydrogens (tertiary/aromatic N) is 5. The molecule has 0 radical (unpaired) electrons. The molecule has 3 heterocycles. The molecule has 1 amide bonds. The van der Waals surface area contributed by atoms with Gasteiger partial charge in [-0.1, -0.05) is 0 Å². The Morgan fingerprint density at radius 2 is 2.17 bits per heavy atom. The molecule has 1 aliphatic heterocycles. The van der Waals surface area contributed by atoms with Crippen LogP contribution in [0.25, 0.3) is 0 Å². The van der Waals surface area contributed by atoms with Crippen molar-refractivity contribution >= 4 is 17.2 Å². The lowest BCUT2D eigenvalue weighted by Crippen LogP contribution is -2.35. The molecule has 6 nitrogen and oxygen atoms in total. The number of hydrogen-bond acceptors (Lipinski definition) is 5. The van der Waals surface area contributed by atoms with Crippen LogP contribution in [0.5, 0.6) is 0 Å². The maximum absolute atomic E-state index is 12.7. The molecule has 4 rings (SSSR count). The summed E-state index contributed by atoms with van der Waals surface area (Å²) in [4.78, 5) is 26.0. The van der Waals surface area contributed by atoms with Gasteiger partial charge in [-0.15, -0.1) is 11.3 Å². The first kappa shape index (κ1) is 15.8. The third-order valence-corrected chi connectivity index (χ3v) is 5.84. The van der Waals surface area contributed by atoms with Crippen molar-refractivity contribution in [2.45, 2.75) is 31.7 Å². The molecule has 0 aromatic carbocycles. The summed E-state index contributed by atoms with van der Waals surface area (Å²) < 4.78 is 2.06. The number of aromatic nitrogens is 3. The van der Waals surface area contributed by atoms with Gasteiger partial charge in [0.05, 0.1) is 11.6 Å². The zero-order valence-electron chi connectivity index (χ0n) is 14.0. The van der Waals surface area contributed by atoms with Crippen LogP contribution in [0.4, 0.5) is 0 Å². The molecular formula is C17H23N5OS. The van der Waals surface area contributed by atoms with E-state index in [9.17, 15) is 4.79 Å². The number of carbonyl (C=O) groups is 1. The van der Waals surface area contributed by atoms with E-state index in [1.54, 1.807) is 11.3 Å². The van der Waals surface area contributed by atoms with Crippen LogP contribution in [0.2, 0.25) is 0 Å². The average Bonchev–Trinajstić information content (AvgIpc) is 3.25. The third kappa shape index (κ3) is 3.37. The fourth-order valence-electron chi connectivity index (χ4n) is 3.15. The summed E-state index contributed by atoms with van der Waals surface area (Å²) in [7, 11) is 2.02. The van der Waals surface area contributed by atoms with Gasteiger partial charge in [0, 0.05) is 56.9 Å². The minimum Gasteiger partial charge on any atom is -0.337 e. The van der Waals surface area contributed by atoms with E-state index in [0.717, 1.165) is 50.0 Å². The Kier molecular flexibility index (Phi) is 4.37. The number of thiazole rings is 1. The zero-order chi connectivity index (χ0) is 16.5. The first-order valence-electron chi connectivity index (χ1n) is 8.64. The van der Waals surface area contributed by atoms with Crippen LogP contribution in [-0.4, -0.2) is 56.4 Å². The minimum absolute atomic E-state index is 0.0944. The number of hydrogen-bond donors (Lipinski definition) is 0. The second-order valence-corrected chi connectivity index (χ2v) is 7.61. The number of carbonyl (C=O) groups excluding carboxylic acids is 1. The molecule has 0 atom stereocenters. The van der Waals surface area contributed by atoms with E-state index in [1.807, 2.05) is 29.7 Å². The number of amides is 1. The Balaban J connectivity index is 1.36. The standard InChI is InChI=1S/C17H23N5OS/c1-20-8-5-18-15(20)11-21-6-2-7-22(10-9-21)17(23)14-12-24-16(19-14)13-3-4-13/h5,8,12-13H,2-4,6-7,9-11H2,1H3. The van der Waals surface area contributed by atoms with Crippen molar-refractivity contribution in [1.82, 2.24) is 24.3 Å². The monoisotopic (exact) mass is 345 g/mol. The van der Waals surface area contributed by atoms with Gasteiger partial charge in [0.15, 0.2) is 0 Å². The molecule has 2 aromatic rings. The maximum atomic E-state index is 12.7. The highest BCUT2D eigenvalue weighted by Crippen LogP contribution is 2.41. The third-order valence-electron chi connectivity index (χ3n) is 4.83. The molecule has 2 fully saturated rings. The van der Waals surface area contributed by atoms with Crippen molar-refractivity contribution in [2.75, 3.05) is 26.2 Å². The molecule has 7 heteroatoms. The van der Waals surface area contributed by atoms with Crippen molar-refractivity contribution in [2.24, 2.45) is 7.05 Å². The fraction of sp³-hybridized carbons (Fsp3) is 0.588. The molecule has 0 N–H and O–H groups in total. The Labute approximate surface area is 146 Å². The van der Waals surface area contributed by atoms with Gasteiger partial charge < -0.3 is 9.47 Å². The lowest BCUT2D eigenvalue weighted by Gasteiger charge is -2.21. The van der Waals surface area contributed by atoms with Crippen molar-refractivity contribution < 1.29 is 4.79 Å². The first-order valence-corrected chi connectivity index (χ1v) is 9.52. The van der Waals surface area contributed by atoms with Crippen molar-refractivity contribution in [3.05, 3.63) is 34.3 Å². The van der Waals surface area contributed by atoms with Crippen molar-refractivity contribution in [1.29, 1.82) is 0 Å². The molecule has 128 valence electrons. The molecule has 1 saturated heterocycles. The zero-order valence-corrected chi connectivity index (χ0v) is 14.8. The highest BCUT2D eigenvalue weighted by molar-refractivity contribution is 7.10. The summed E-state index contributed by atoms with van der Waals surface area (Å²) in [5.74, 6) is 1.79. The molecule has 1 saturated carbocycles. The van der Waals surface area contributed by atoms with Crippen LogP contribution in [0.1, 0.15) is 46.5 Å². The molecular weight excluding hydrogens is 322 g/mol. The van der Waals surface area contributed by atoms with E-state index in [2.05, 4.69) is 19.4 Å². The van der Waals surface area contributed by atoms with Gasteiger partial charge in [-0.3, -0.25) is 9.69 Å². The quantitative estimate of drug-likeness (QED) is 0.852. The molecule has 24 heavy (non-hydrogen) atoms. The number of aryl methyl sites for hydroxylation is 1. The highest BCUT2D eigenvalue weighted by Gasteiger charge is 2.29. The Morgan fingerprint density at radius 1 is 1.29 bits per heavy atom. The summed E-state index contributed by atoms with van der Waals surface area (Å²) in [5.41, 5.74) is 0.638. The summed E-state index contributed by atoms with van der Waals surface area (Å²) in [6.07, 6.45) is 7.27. The summed E-state index contributed by atoms with van der Waals surface area (Å²) >= 11 is 1.64. The largest absolute Gasteiger partial charge is 0.337 e. The van der Waals surface area contributed by atoms with Crippen LogP contribution in [0, 0.1) is 0 Å². The van der Waals surface area contributed by atoms with E-state index in [4.69, 9.17) is 0 Å². The van der Waals surface area contributed by atoms with E-state index in [0.29, 0.717) is 11.6 Å². The molecule has 2 aliphatic rings. The Hall–Kier alpha value is -1.73. The lowest BCUT2D eigenvalue weighted by atomic mass is 10.3. The van der Waals surface area contributed by atoms with Crippen LogP contribution >= 0.6 is 11.3 Å². The van der Waals surface area contributed by atoms with E-state index < -0.39 is 0 Å². The second-order valence-electron chi connectivity index (χ2n) is 6.72. The van der Waals surface area contributed by atoms with Crippen LogP contribution in [0.3, 0.4) is 0 Å². The number of rotatable bonds is 4. The van der Waals surface area contributed by atoms with Gasteiger partial charge in [-0.05, 0) is 19.3 Å². The van der Waals surface area contributed by atoms with Gasteiger partial charge >= 0.3 is 0 Å². The van der Waals surface area contributed by atoms with Gasteiger partial charge in [-0.2, -0.15) is 0 Å². The van der Waals surface area contributed by atoms with Crippen LogP contribution < -0.4 is 0 Å². The smallest absolute Gasteiger partial charge is 0.273 e. The predicted molar refractivity (Wildman–Crippen MR) is 93.1 cm³/mol. The molecule has 0 spiro atoms. The van der Waals surface area contributed by atoms with Gasteiger partial charge in [-0.25, -0.2) is 9.97 Å². The summed E-state index contributed by atoms with van der Waals surface area (Å²) in [5, 5.41) is 3.08. The van der Waals surface area contributed by atoms with Crippen molar-refractivity contribution in [3.63, 3.8) is 0 Å².